The van der Waals surface area contributed by atoms with Gasteiger partial charge in [0.15, 0.2) is 5.78 Å². The van der Waals surface area contributed by atoms with Crippen LogP contribution in [0.3, 0.4) is 0 Å². The smallest absolute Gasteiger partial charge is 0.322 e. The topological polar surface area (TPSA) is 197 Å². The van der Waals surface area contributed by atoms with Crippen LogP contribution in [0.2, 0.25) is 0 Å². The summed E-state index contributed by atoms with van der Waals surface area (Å²) in [5.74, 6) is -2.52. The number of esters is 1. The van der Waals surface area contributed by atoms with Gasteiger partial charge in [0, 0.05) is 36.8 Å². The van der Waals surface area contributed by atoms with Gasteiger partial charge in [0.25, 0.3) is 5.69 Å². The molecule has 0 unspecified atom stereocenters. The van der Waals surface area contributed by atoms with Crippen LogP contribution in [0.5, 0.6) is 0 Å². The van der Waals surface area contributed by atoms with Gasteiger partial charge in [0.1, 0.15) is 12.1 Å². The van der Waals surface area contributed by atoms with Gasteiger partial charge in [-0.15, -0.1) is 0 Å². The van der Waals surface area contributed by atoms with Crippen LogP contribution < -0.4 is 16.0 Å². The summed E-state index contributed by atoms with van der Waals surface area (Å²) in [5, 5.41) is 18.5. The number of nitrogens with one attached hydrogen (secondary N) is 3. The van der Waals surface area contributed by atoms with Crippen molar-refractivity contribution in [2.24, 2.45) is 0 Å². The maximum Gasteiger partial charge on any atom is 0.322 e. The summed E-state index contributed by atoms with van der Waals surface area (Å²) in [6.45, 7) is 6.39. The number of nitro benzene ring substituents is 1. The highest BCUT2D eigenvalue weighted by molar-refractivity contribution is 5.97. The van der Waals surface area contributed by atoms with Crippen LogP contribution in [-0.2, 0) is 28.7 Å². The van der Waals surface area contributed by atoms with Crippen molar-refractivity contribution in [2.75, 3.05) is 25.5 Å². The number of carbonyl (C=O) groups is 6. The molecule has 1 heterocycles. The molecule has 1 aromatic rings. The second kappa shape index (κ2) is 15.4. The number of ketones is 1. The van der Waals surface area contributed by atoms with Gasteiger partial charge in [0.05, 0.1) is 31.0 Å². The molecule has 0 saturated carbocycles. The molecule has 0 spiro atoms. The molecule has 2 rings (SSSR count). The van der Waals surface area contributed by atoms with Crippen LogP contribution in [0.1, 0.15) is 53.4 Å². The van der Waals surface area contributed by atoms with Crippen molar-refractivity contribution >= 4 is 46.9 Å². The number of nitro groups is 1. The Morgan fingerprint density at radius 1 is 1.02 bits per heavy atom. The van der Waals surface area contributed by atoms with Crippen LogP contribution in [0, 0.1) is 10.1 Å². The zero-order chi connectivity index (χ0) is 31.6. The molecule has 1 aliphatic rings. The van der Waals surface area contributed by atoms with Gasteiger partial charge in [-0.2, -0.15) is 0 Å². The minimum atomic E-state index is -0.994. The Kier molecular flexibility index (Phi) is 12.4. The van der Waals surface area contributed by atoms with Crippen molar-refractivity contribution in [2.45, 2.75) is 77.5 Å². The highest BCUT2D eigenvalue weighted by atomic mass is 16.6. The summed E-state index contributed by atoms with van der Waals surface area (Å²) in [6, 6.07) is 1.56. The number of benzene rings is 1. The van der Waals surface area contributed by atoms with Crippen molar-refractivity contribution in [3.63, 3.8) is 0 Å². The van der Waals surface area contributed by atoms with Crippen LogP contribution in [0.15, 0.2) is 24.3 Å². The van der Waals surface area contributed by atoms with Crippen molar-refractivity contribution in [1.29, 1.82) is 0 Å². The predicted molar refractivity (Wildman–Crippen MR) is 150 cm³/mol. The predicted octanol–water partition coefficient (Wildman–Crippen LogP) is 1.36. The Morgan fingerprint density at radius 3 is 2.24 bits per heavy atom. The molecule has 1 fully saturated rings. The molecule has 5 amide bonds. The summed E-state index contributed by atoms with van der Waals surface area (Å²) in [6.07, 6.45) is 0.665. The second-order valence-corrected chi connectivity index (χ2v) is 10.2. The average molecular weight is 591 g/mol. The SMILES string of the molecule is COC(=O)CCC(=O)N[C@@H](C)C(=O)N[C@@H](C)C(=O)N1CCC[C@H]1C(=O)CN(C(=O)Nc1ccc([N+](=O)[O-])cc1)C(C)C. The molecule has 42 heavy (non-hydrogen) atoms. The number of ether oxygens (including phenoxy) is 1. The molecule has 15 heteroatoms. The first-order valence-electron chi connectivity index (χ1n) is 13.6. The monoisotopic (exact) mass is 590 g/mol. The number of anilines is 1. The molecule has 0 aromatic heterocycles. The highest BCUT2D eigenvalue weighted by Gasteiger charge is 2.37. The zero-order valence-electron chi connectivity index (χ0n) is 24.4. The lowest BCUT2D eigenvalue weighted by Gasteiger charge is -2.31. The Morgan fingerprint density at radius 2 is 1.67 bits per heavy atom. The molecule has 0 radical (unpaired) electrons. The number of amides is 5. The molecule has 1 saturated heterocycles. The molecule has 3 N–H and O–H groups in total. The minimum Gasteiger partial charge on any atom is -0.469 e. The third-order valence-corrected chi connectivity index (χ3v) is 6.73. The second-order valence-electron chi connectivity index (χ2n) is 10.2. The number of hydrogen-bond acceptors (Lipinski definition) is 9. The lowest BCUT2D eigenvalue weighted by Crippen LogP contribution is -2.55. The third kappa shape index (κ3) is 9.52. The van der Waals surface area contributed by atoms with Gasteiger partial charge in [0.2, 0.25) is 17.7 Å². The van der Waals surface area contributed by atoms with E-state index in [0.29, 0.717) is 25.1 Å². The normalized spacial score (nSPS) is 15.8. The van der Waals surface area contributed by atoms with Crippen LogP contribution in [-0.4, -0.2) is 94.6 Å². The highest BCUT2D eigenvalue weighted by Crippen LogP contribution is 2.21. The standard InChI is InChI=1S/C27H38N6O9/c1-16(2)32(27(39)30-19-8-10-20(11-9-19)33(40)41)15-22(34)21-7-6-14-31(21)26(38)18(4)29-25(37)17(3)28-23(35)12-13-24(36)42-5/h8-11,16-18,21H,6-7,12-15H2,1-5H3,(H,28,35)(H,29,37)(H,30,39)/t17-,18-,21-/m0/s1. The maximum absolute atomic E-state index is 13.3. The van der Waals surface area contributed by atoms with E-state index >= 15 is 0 Å². The van der Waals surface area contributed by atoms with Crippen molar-refractivity contribution in [1.82, 2.24) is 20.4 Å². The molecule has 230 valence electrons. The van der Waals surface area contributed by atoms with Crippen molar-refractivity contribution in [3.05, 3.63) is 34.4 Å². The van der Waals surface area contributed by atoms with E-state index in [9.17, 15) is 38.9 Å². The van der Waals surface area contributed by atoms with Gasteiger partial charge in [-0.3, -0.25) is 34.1 Å². The molecular formula is C27H38N6O9. The molecule has 1 aromatic carbocycles. The van der Waals surface area contributed by atoms with Gasteiger partial charge in [-0.25, -0.2) is 4.79 Å². The number of non-ortho nitro benzene ring substituents is 1. The first-order chi connectivity index (χ1) is 19.7. The fraction of sp³-hybridized carbons (Fsp3) is 0.556. The van der Waals surface area contributed by atoms with E-state index in [1.165, 1.54) is 55.0 Å². The number of carbonyl (C=O) groups excluding carboxylic acids is 6. The van der Waals surface area contributed by atoms with Crippen LogP contribution in [0.4, 0.5) is 16.2 Å². The van der Waals surface area contributed by atoms with Crippen LogP contribution in [0.25, 0.3) is 0 Å². The van der Waals surface area contributed by atoms with E-state index in [1.807, 2.05) is 0 Å². The molecular weight excluding hydrogens is 552 g/mol. The van der Waals surface area contributed by atoms with Gasteiger partial charge >= 0.3 is 12.0 Å². The Balaban J connectivity index is 1.97. The van der Waals surface area contributed by atoms with Crippen LogP contribution >= 0.6 is 0 Å². The summed E-state index contributed by atoms with van der Waals surface area (Å²) >= 11 is 0. The molecule has 0 bridgehead atoms. The number of methoxy groups -OCH3 is 1. The van der Waals surface area contributed by atoms with Gasteiger partial charge < -0.3 is 30.5 Å². The molecule has 15 nitrogen and oxygen atoms in total. The summed E-state index contributed by atoms with van der Waals surface area (Å²) < 4.78 is 4.48. The number of rotatable bonds is 13. The third-order valence-electron chi connectivity index (χ3n) is 6.73. The minimum absolute atomic E-state index is 0.129. The number of Topliss-reactive ketones (excluding diaryl/α,β-unsaturated/α-hetero) is 1. The van der Waals surface area contributed by atoms with E-state index in [2.05, 4.69) is 20.7 Å². The van der Waals surface area contributed by atoms with Gasteiger partial charge in [-0.1, -0.05) is 0 Å². The Labute approximate surface area is 243 Å². The number of hydrogen-bond donors (Lipinski definition) is 3. The fourth-order valence-electron chi connectivity index (χ4n) is 4.33. The van der Waals surface area contributed by atoms with E-state index < -0.39 is 52.8 Å². The van der Waals surface area contributed by atoms with E-state index in [0.717, 1.165) is 0 Å². The van der Waals surface area contributed by atoms with E-state index in [-0.39, 0.29) is 36.9 Å². The van der Waals surface area contributed by atoms with Gasteiger partial charge in [-0.05, 0) is 52.7 Å². The molecule has 1 aliphatic heterocycles. The Hall–Kier alpha value is -4.56. The first kappa shape index (κ1) is 33.6. The van der Waals surface area contributed by atoms with Crippen molar-refractivity contribution < 1.29 is 38.4 Å². The summed E-state index contributed by atoms with van der Waals surface area (Å²) in [5.41, 5.74) is 0.190. The molecule has 3 atom stereocenters. The maximum atomic E-state index is 13.3. The number of likely N-dealkylation sites (tertiary alicyclic amines) is 1. The zero-order valence-corrected chi connectivity index (χ0v) is 24.4. The average Bonchev–Trinajstić information content (AvgIpc) is 3.44. The molecule has 0 aliphatic carbocycles. The lowest BCUT2D eigenvalue weighted by atomic mass is 10.1. The largest absolute Gasteiger partial charge is 0.469 e. The summed E-state index contributed by atoms with van der Waals surface area (Å²) in [7, 11) is 1.20. The number of urea groups is 1. The number of nitrogens with zero attached hydrogens (tertiary/aromatic N) is 3. The lowest BCUT2D eigenvalue weighted by molar-refractivity contribution is -0.384. The summed E-state index contributed by atoms with van der Waals surface area (Å²) in [4.78, 5) is 88.2. The Bertz CT molecular complexity index is 1190. The van der Waals surface area contributed by atoms with E-state index in [4.69, 9.17) is 0 Å². The van der Waals surface area contributed by atoms with E-state index in [1.54, 1.807) is 13.8 Å². The fourth-order valence-corrected chi connectivity index (χ4v) is 4.33. The first-order valence-corrected chi connectivity index (χ1v) is 13.6. The van der Waals surface area contributed by atoms with Crippen molar-refractivity contribution in [3.8, 4) is 0 Å². The quantitative estimate of drug-likeness (QED) is 0.172.